The van der Waals surface area contributed by atoms with Gasteiger partial charge in [-0.3, -0.25) is 0 Å². The van der Waals surface area contributed by atoms with Gasteiger partial charge >= 0.3 is 11.6 Å². The standard InChI is InChI=1S/C14H12O5/c1-8-7-9(18-2)3-4-10(8)11-5-6-12(15)19-13(11)14(16)17/h3-7H,1-2H3,(H,16,17). The van der Waals surface area contributed by atoms with Crippen molar-refractivity contribution in [2.45, 2.75) is 6.92 Å². The van der Waals surface area contributed by atoms with Gasteiger partial charge in [-0.1, -0.05) is 6.07 Å². The van der Waals surface area contributed by atoms with Crippen LogP contribution in [0.15, 0.2) is 39.5 Å². The van der Waals surface area contributed by atoms with E-state index < -0.39 is 11.6 Å². The van der Waals surface area contributed by atoms with Gasteiger partial charge < -0.3 is 14.3 Å². The molecule has 2 aromatic rings. The minimum Gasteiger partial charge on any atom is -0.497 e. The van der Waals surface area contributed by atoms with Crippen LogP contribution in [-0.4, -0.2) is 18.2 Å². The molecule has 1 heterocycles. The Morgan fingerprint density at radius 3 is 2.47 bits per heavy atom. The predicted octanol–water partition coefficient (Wildman–Crippen LogP) is 2.32. The number of aryl methyl sites for hydroxylation is 1. The quantitative estimate of drug-likeness (QED) is 0.916. The van der Waals surface area contributed by atoms with E-state index in [0.29, 0.717) is 16.9 Å². The second-order valence-corrected chi connectivity index (χ2v) is 3.98. The number of carboxylic acids is 1. The van der Waals surface area contributed by atoms with E-state index in [1.54, 1.807) is 25.3 Å². The topological polar surface area (TPSA) is 76.7 Å². The first-order chi connectivity index (χ1) is 9.02. The number of rotatable bonds is 3. The first kappa shape index (κ1) is 12.9. The highest BCUT2D eigenvalue weighted by Crippen LogP contribution is 2.28. The smallest absolute Gasteiger partial charge is 0.372 e. The first-order valence-corrected chi connectivity index (χ1v) is 5.55. The van der Waals surface area contributed by atoms with Crippen LogP contribution in [-0.2, 0) is 0 Å². The van der Waals surface area contributed by atoms with Gasteiger partial charge in [-0.25, -0.2) is 9.59 Å². The molecule has 0 aliphatic carbocycles. The van der Waals surface area contributed by atoms with Crippen molar-refractivity contribution in [2.75, 3.05) is 7.11 Å². The number of methoxy groups -OCH3 is 1. The van der Waals surface area contributed by atoms with Gasteiger partial charge in [0.25, 0.3) is 0 Å². The van der Waals surface area contributed by atoms with Crippen LogP contribution in [0.1, 0.15) is 16.1 Å². The molecule has 0 radical (unpaired) electrons. The van der Waals surface area contributed by atoms with Crippen molar-refractivity contribution >= 4 is 5.97 Å². The summed E-state index contributed by atoms with van der Waals surface area (Å²) in [5, 5.41) is 9.09. The van der Waals surface area contributed by atoms with Crippen molar-refractivity contribution < 1.29 is 19.1 Å². The largest absolute Gasteiger partial charge is 0.497 e. The van der Waals surface area contributed by atoms with Crippen molar-refractivity contribution in [1.29, 1.82) is 0 Å². The van der Waals surface area contributed by atoms with Crippen LogP contribution in [0.25, 0.3) is 11.1 Å². The van der Waals surface area contributed by atoms with Crippen LogP contribution < -0.4 is 10.4 Å². The zero-order valence-corrected chi connectivity index (χ0v) is 10.5. The van der Waals surface area contributed by atoms with Gasteiger partial charge in [-0.05, 0) is 36.2 Å². The number of hydrogen-bond donors (Lipinski definition) is 1. The fourth-order valence-corrected chi connectivity index (χ4v) is 1.85. The maximum Gasteiger partial charge on any atom is 0.372 e. The van der Waals surface area contributed by atoms with Crippen LogP contribution in [0.4, 0.5) is 0 Å². The van der Waals surface area contributed by atoms with Gasteiger partial charge in [0.15, 0.2) is 0 Å². The zero-order chi connectivity index (χ0) is 14.0. The average Bonchev–Trinajstić information content (AvgIpc) is 2.39. The van der Waals surface area contributed by atoms with Crippen LogP contribution in [0, 0.1) is 6.92 Å². The minimum atomic E-state index is -1.28. The maximum absolute atomic E-state index is 11.1. The number of carboxylic acid groups (broad SMARTS) is 1. The third kappa shape index (κ3) is 2.49. The van der Waals surface area contributed by atoms with Crippen LogP contribution in [0.5, 0.6) is 5.75 Å². The monoisotopic (exact) mass is 260 g/mol. The molecule has 0 aliphatic heterocycles. The number of ether oxygens (including phenoxy) is 1. The van der Waals surface area contributed by atoms with Gasteiger partial charge in [-0.2, -0.15) is 0 Å². The number of benzene rings is 1. The minimum absolute atomic E-state index is 0.360. The molecule has 0 saturated carbocycles. The lowest BCUT2D eigenvalue weighted by atomic mass is 9.99. The van der Waals surface area contributed by atoms with Gasteiger partial charge in [0, 0.05) is 11.6 Å². The molecule has 1 N–H and O–H groups in total. The normalized spacial score (nSPS) is 10.2. The Labute approximate surface area is 109 Å². The summed E-state index contributed by atoms with van der Waals surface area (Å²) in [6.45, 7) is 1.83. The van der Waals surface area contributed by atoms with Gasteiger partial charge in [0.1, 0.15) is 5.75 Å². The Bertz CT molecular complexity index is 684. The maximum atomic E-state index is 11.1. The Morgan fingerprint density at radius 2 is 1.89 bits per heavy atom. The molecular formula is C14H12O5. The zero-order valence-electron chi connectivity index (χ0n) is 10.5. The lowest BCUT2D eigenvalue weighted by Gasteiger charge is -2.09. The third-order valence-electron chi connectivity index (χ3n) is 2.75. The molecule has 0 unspecified atom stereocenters. The van der Waals surface area contributed by atoms with E-state index in [0.717, 1.165) is 5.56 Å². The highest BCUT2D eigenvalue weighted by molar-refractivity contribution is 5.93. The summed E-state index contributed by atoms with van der Waals surface area (Å²) in [5.41, 5.74) is 1.19. The fraction of sp³-hybridized carbons (Fsp3) is 0.143. The lowest BCUT2D eigenvalue weighted by Crippen LogP contribution is -2.07. The SMILES string of the molecule is COc1ccc(-c2ccc(=O)oc2C(=O)O)c(C)c1. The Morgan fingerprint density at radius 1 is 1.21 bits per heavy atom. The lowest BCUT2D eigenvalue weighted by molar-refractivity contribution is 0.0658. The summed E-state index contributed by atoms with van der Waals surface area (Å²) in [6.07, 6.45) is 0. The molecule has 0 saturated heterocycles. The molecule has 0 fully saturated rings. The number of carbonyl (C=O) groups is 1. The summed E-state index contributed by atoms with van der Waals surface area (Å²) in [5.74, 6) is -0.959. The average molecular weight is 260 g/mol. The molecular weight excluding hydrogens is 248 g/mol. The highest BCUT2D eigenvalue weighted by Gasteiger charge is 2.17. The molecule has 0 aliphatic rings. The molecule has 0 spiro atoms. The number of hydrogen-bond acceptors (Lipinski definition) is 4. The van der Waals surface area contributed by atoms with Crippen LogP contribution in [0.2, 0.25) is 0 Å². The van der Waals surface area contributed by atoms with Crippen LogP contribution in [0.3, 0.4) is 0 Å². The van der Waals surface area contributed by atoms with Crippen molar-refractivity contribution in [3.05, 3.63) is 52.1 Å². The van der Waals surface area contributed by atoms with Gasteiger partial charge in [-0.15, -0.1) is 0 Å². The van der Waals surface area contributed by atoms with Crippen LogP contribution >= 0.6 is 0 Å². The van der Waals surface area contributed by atoms with E-state index in [4.69, 9.17) is 14.3 Å². The van der Waals surface area contributed by atoms with Crippen molar-refractivity contribution in [1.82, 2.24) is 0 Å². The molecule has 5 heteroatoms. The summed E-state index contributed by atoms with van der Waals surface area (Å²) in [6, 6.07) is 7.89. The summed E-state index contributed by atoms with van der Waals surface area (Å²) < 4.78 is 9.84. The Hall–Kier alpha value is -2.56. The molecule has 2 rings (SSSR count). The summed E-state index contributed by atoms with van der Waals surface area (Å²) in [4.78, 5) is 22.2. The Kier molecular flexibility index (Phi) is 3.37. The van der Waals surface area contributed by atoms with E-state index in [1.807, 2.05) is 6.92 Å². The molecule has 5 nitrogen and oxygen atoms in total. The second kappa shape index (κ2) is 4.97. The predicted molar refractivity (Wildman–Crippen MR) is 68.7 cm³/mol. The third-order valence-corrected chi connectivity index (χ3v) is 2.75. The van der Waals surface area contributed by atoms with Gasteiger partial charge in [0.2, 0.25) is 5.76 Å². The van der Waals surface area contributed by atoms with E-state index >= 15 is 0 Å². The second-order valence-electron chi connectivity index (χ2n) is 3.98. The molecule has 19 heavy (non-hydrogen) atoms. The Balaban J connectivity index is 2.65. The highest BCUT2D eigenvalue weighted by atomic mass is 16.5. The van der Waals surface area contributed by atoms with Gasteiger partial charge in [0.05, 0.1) is 7.11 Å². The number of aromatic carboxylic acids is 1. The first-order valence-electron chi connectivity index (χ1n) is 5.55. The molecule has 0 atom stereocenters. The van der Waals surface area contributed by atoms with E-state index in [2.05, 4.69) is 0 Å². The fourth-order valence-electron chi connectivity index (χ4n) is 1.85. The molecule has 0 bridgehead atoms. The molecule has 1 aromatic heterocycles. The van der Waals surface area contributed by atoms with Crippen molar-refractivity contribution in [3.8, 4) is 16.9 Å². The van der Waals surface area contributed by atoms with E-state index in [1.165, 1.54) is 12.1 Å². The van der Waals surface area contributed by atoms with E-state index in [-0.39, 0.29) is 5.76 Å². The van der Waals surface area contributed by atoms with E-state index in [9.17, 15) is 9.59 Å². The molecule has 0 amide bonds. The summed E-state index contributed by atoms with van der Waals surface area (Å²) in [7, 11) is 1.55. The van der Waals surface area contributed by atoms with Crippen molar-refractivity contribution in [3.63, 3.8) is 0 Å². The molecule has 98 valence electrons. The molecule has 1 aromatic carbocycles. The van der Waals surface area contributed by atoms with Crippen molar-refractivity contribution in [2.24, 2.45) is 0 Å². The summed E-state index contributed by atoms with van der Waals surface area (Å²) >= 11 is 0.